The van der Waals surface area contributed by atoms with Gasteiger partial charge in [-0.1, -0.05) is 72.5 Å². The van der Waals surface area contributed by atoms with Crippen LogP contribution in [0.4, 0.5) is 5.82 Å². The molecule has 1 amide bonds. The highest BCUT2D eigenvalue weighted by Gasteiger charge is 2.32. The molecule has 0 bridgehead atoms. The molecule has 4 aromatic rings. The molecule has 2 aromatic carbocycles. The molecule has 1 atom stereocenters. The van der Waals surface area contributed by atoms with Gasteiger partial charge in [0.15, 0.2) is 0 Å². The molecule has 40 heavy (non-hydrogen) atoms. The molecule has 2 aromatic heterocycles. The van der Waals surface area contributed by atoms with E-state index >= 15 is 0 Å². The number of ether oxygens (including phenoxy) is 1. The predicted octanol–water partition coefficient (Wildman–Crippen LogP) is 4.60. The van der Waals surface area contributed by atoms with Gasteiger partial charge in [0.05, 0.1) is 23.7 Å². The lowest BCUT2D eigenvalue weighted by Gasteiger charge is -2.16. The number of aromatic nitrogens is 2. The van der Waals surface area contributed by atoms with E-state index in [0.717, 1.165) is 34.2 Å². The lowest BCUT2D eigenvalue weighted by atomic mass is 10.1. The number of thiocarbonyl (C=S) groups is 1. The number of hydrogen-bond donors (Lipinski definition) is 2. The van der Waals surface area contributed by atoms with E-state index in [1.807, 2.05) is 67.6 Å². The average Bonchev–Trinajstić information content (AvgIpc) is 3.24. The maximum absolute atomic E-state index is 13.6. The number of nitrogens with one attached hydrogen (secondary N) is 1. The van der Waals surface area contributed by atoms with Crippen LogP contribution < -0.4 is 15.6 Å². The van der Waals surface area contributed by atoms with Crippen LogP contribution in [0.2, 0.25) is 0 Å². The van der Waals surface area contributed by atoms with Crippen LogP contribution in [0.1, 0.15) is 28.4 Å². The molecular formula is C30H28N4O4S2. The third kappa shape index (κ3) is 5.79. The first-order valence-corrected chi connectivity index (χ1v) is 14.0. The number of anilines is 1. The second-order valence-electron chi connectivity index (χ2n) is 9.30. The average molecular weight is 573 g/mol. The third-order valence-electron chi connectivity index (χ3n) is 6.66. The molecular weight excluding hydrogens is 544 g/mol. The Labute approximate surface area is 241 Å². The van der Waals surface area contributed by atoms with Crippen molar-refractivity contribution in [2.45, 2.75) is 19.4 Å². The Hall–Kier alpha value is -3.99. The highest BCUT2D eigenvalue weighted by molar-refractivity contribution is 8.26. The number of hydrogen-bond acceptors (Lipinski definition) is 8. The summed E-state index contributed by atoms with van der Waals surface area (Å²) in [5.41, 5.74) is 3.00. The number of carbonyl (C=O) groups excluding carboxylic acids is 1. The molecule has 8 nitrogen and oxygen atoms in total. The Kier molecular flexibility index (Phi) is 8.29. The first-order valence-electron chi connectivity index (χ1n) is 12.7. The summed E-state index contributed by atoms with van der Waals surface area (Å²) in [4.78, 5) is 33.6. The number of carbonyl (C=O) groups is 1. The zero-order valence-electron chi connectivity index (χ0n) is 22.0. The second kappa shape index (κ2) is 12.0. The van der Waals surface area contributed by atoms with E-state index in [2.05, 4.69) is 5.32 Å². The molecule has 0 spiro atoms. The van der Waals surface area contributed by atoms with Crippen LogP contribution in [0.25, 0.3) is 11.7 Å². The molecule has 0 aliphatic carbocycles. The zero-order chi connectivity index (χ0) is 28.2. The van der Waals surface area contributed by atoms with Gasteiger partial charge in [0.1, 0.15) is 21.5 Å². The predicted molar refractivity (Wildman–Crippen MR) is 163 cm³/mol. The van der Waals surface area contributed by atoms with Crippen molar-refractivity contribution in [2.75, 3.05) is 25.5 Å². The number of rotatable bonds is 9. The zero-order valence-corrected chi connectivity index (χ0v) is 23.7. The van der Waals surface area contributed by atoms with Crippen LogP contribution in [-0.4, -0.2) is 49.8 Å². The molecule has 2 N–H and O–H groups in total. The fourth-order valence-corrected chi connectivity index (χ4v) is 5.71. The van der Waals surface area contributed by atoms with Crippen molar-refractivity contribution in [1.82, 2.24) is 14.3 Å². The van der Waals surface area contributed by atoms with Gasteiger partial charge in [0, 0.05) is 19.3 Å². The van der Waals surface area contributed by atoms with Gasteiger partial charge in [-0.2, -0.15) is 0 Å². The fraction of sp³-hybridized carbons (Fsp3) is 0.200. The minimum absolute atomic E-state index is 0.127. The minimum Gasteiger partial charge on any atom is -0.497 e. The number of aliphatic hydroxyl groups is 1. The van der Waals surface area contributed by atoms with Crippen LogP contribution in [0, 0.1) is 6.92 Å². The van der Waals surface area contributed by atoms with Crippen molar-refractivity contribution < 1.29 is 14.6 Å². The summed E-state index contributed by atoms with van der Waals surface area (Å²) in [6.45, 7) is 2.41. The molecule has 1 saturated heterocycles. The number of aliphatic hydroxyl groups excluding tert-OH is 1. The number of methoxy groups -OCH3 is 1. The summed E-state index contributed by atoms with van der Waals surface area (Å²) in [7, 11) is 1.62. The van der Waals surface area contributed by atoms with Gasteiger partial charge in [-0.25, -0.2) is 4.98 Å². The van der Waals surface area contributed by atoms with E-state index in [9.17, 15) is 14.7 Å². The Morgan fingerprint density at radius 2 is 1.85 bits per heavy atom. The quantitative estimate of drug-likeness (QED) is 0.222. The topological polar surface area (TPSA) is 96.2 Å². The summed E-state index contributed by atoms with van der Waals surface area (Å²) >= 11 is 6.69. The van der Waals surface area contributed by atoms with E-state index in [0.29, 0.717) is 27.8 Å². The minimum atomic E-state index is -0.817. The molecule has 5 rings (SSSR count). The van der Waals surface area contributed by atoms with E-state index < -0.39 is 6.10 Å². The Morgan fingerprint density at radius 1 is 1.10 bits per heavy atom. The summed E-state index contributed by atoms with van der Waals surface area (Å²) < 4.78 is 7.11. The normalized spacial score (nSPS) is 15.2. The van der Waals surface area contributed by atoms with E-state index in [-0.39, 0.29) is 29.4 Å². The van der Waals surface area contributed by atoms with E-state index in [1.165, 1.54) is 4.40 Å². The Balaban J connectivity index is 1.43. The number of fused-ring (bicyclic) bond motifs is 1. The molecule has 10 heteroatoms. The number of nitrogens with zero attached hydrogens (tertiary/aromatic N) is 3. The van der Waals surface area contributed by atoms with Crippen molar-refractivity contribution in [2.24, 2.45) is 0 Å². The van der Waals surface area contributed by atoms with Crippen molar-refractivity contribution in [3.05, 3.63) is 110 Å². The van der Waals surface area contributed by atoms with Gasteiger partial charge in [-0.05, 0) is 54.3 Å². The number of amides is 1. The van der Waals surface area contributed by atoms with Crippen molar-refractivity contribution in [3.63, 3.8) is 0 Å². The maximum atomic E-state index is 13.6. The first-order chi connectivity index (χ1) is 19.4. The van der Waals surface area contributed by atoms with Crippen molar-refractivity contribution in [3.8, 4) is 5.75 Å². The lowest BCUT2D eigenvalue weighted by Crippen LogP contribution is -2.30. The van der Waals surface area contributed by atoms with Gasteiger partial charge in [-0.3, -0.25) is 18.9 Å². The Morgan fingerprint density at radius 3 is 2.58 bits per heavy atom. The largest absolute Gasteiger partial charge is 0.497 e. The van der Waals surface area contributed by atoms with Crippen LogP contribution in [-0.2, 0) is 11.2 Å². The van der Waals surface area contributed by atoms with E-state index in [1.54, 1.807) is 30.3 Å². The second-order valence-corrected chi connectivity index (χ2v) is 11.0. The van der Waals surface area contributed by atoms with Gasteiger partial charge in [0.25, 0.3) is 11.5 Å². The van der Waals surface area contributed by atoms with Crippen LogP contribution in [0.5, 0.6) is 5.75 Å². The molecule has 0 saturated carbocycles. The van der Waals surface area contributed by atoms with Crippen LogP contribution >= 0.6 is 24.0 Å². The van der Waals surface area contributed by atoms with Crippen molar-refractivity contribution in [1.29, 1.82) is 0 Å². The summed E-state index contributed by atoms with van der Waals surface area (Å²) in [5, 5.41) is 13.9. The highest BCUT2D eigenvalue weighted by atomic mass is 32.2. The number of thioether (sulfide) groups is 1. The van der Waals surface area contributed by atoms with Gasteiger partial charge in [-0.15, -0.1) is 0 Å². The van der Waals surface area contributed by atoms with Crippen LogP contribution in [0.3, 0.4) is 0 Å². The molecule has 0 radical (unpaired) electrons. The van der Waals surface area contributed by atoms with Gasteiger partial charge >= 0.3 is 0 Å². The molecule has 0 unspecified atom stereocenters. The van der Waals surface area contributed by atoms with Crippen LogP contribution in [0.15, 0.2) is 82.6 Å². The van der Waals surface area contributed by atoms with Gasteiger partial charge < -0.3 is 15.2 Å². The number of benzene rings is 2. The molecule has 204 valence electrons. The summed E-state index contributed by atoms with van der Waals surface area (Å²) in [6.07, 6.45) is 3.00. The van der Waals surface area contributed by atoms with Crippen molar-refractivity contribution >= 4 is 51.7 Å². The molecule has 1 aliphatic heterocycles. The number of pyridine rings is 1. The van der Waals surface area contributed by atoms with Gasteiger partial charge in [0.2, 0.25) is 0 Å². The standard InChI is InChI=1S/C30H28N4O4S2/c1-19-7-6-15-33-27(19)32-26(31-18-24(35)21-8-4-3-5-9-21)23(28(33)36)17-25-29(37)34(30(39)40-25)16-14-20-10-12-22(38-2)13-11-20/h3-13,15,17,24,31,35H,14,16,18H2,1-2H3/b25-17-/t24-/m0/s1. The van der Waals surface area contributed by atoms with E-state index in [4.69, 9.17) is 21.9 Å². The summed E-state index contributed by atoms with van der Waals surface area (Å²) in [5.74, 6) is 0.800. The Bertz CT molecular complexity index is 1650. The summed E-state index contributed by atoms with van der Waals surface area (Å²) in [6, 6.07) is 20.6. The maximum Gasteiger partial charge on any atom is 0.267 e. The molecule has 1 fully saturated rings. The smallest absolute Gasteiger partial charge is 0.267 e. The molecule has 1 aliphatic rings. The highest BCUT2D eigenvalue weighted by Crippen LogP contribution is 2.33. The third-order valence-corrected chi connectivity index (χ3v) is 8.04. The lowest BCUT2D eigenvalue weighted by molar-refractivity contribution is -0.122. The monoisotopic (exact) mass is 572 g/mol. The fourth-order valence-electron chi connectivity index (χ4n) is 4.42. The number of aryl methyl sites for hydroxylation is 1. The first kappa shape index (κ1) is 27.6. The SMILES string of the molecule is COc1ccc(CCN2C(=O)/C(=C/c3c(NC[C@H](O)c4ccccc4)nc4c(C)cccn4c3=O)SC2=S)cc1. The molecule has 3 heterocycles.